The first-order chi connectivity index (χ1) is 8.29. The highest BCUT2D eigenvalue weighted by atomic mass is 19.2. The smallest absolute Gasteiger partial charge is 0.194 e. The summed E-state index contributed by atoms with van der Waals surface area (Å²) < 4.78 is 40.1. The average molecular weight is 258 g/mol. The molecule has 1 nitrogen and oxygen atoms in total. The van der Waals surface area contributed by atoms with Crippen molar-refractivity contribution >= 4 is 0 Å². The van der Waals surface area contributed by atoms with Crippen molar-refractivity contribution in [2.24, 2.45) is 5.41 Å². The van der Waals surface area contributed by atoms with E-state index in [0.29, 0.717) is 6.42 Å². The third-order valence-electron chi connectivity index (χ3n) is 4.19. The van der Waals surface area contributed by atoms with Gasteiger partial charge >= 0.3 is 0 Å². The molecule has 4 heteroatoms. The summed E-state index contributed by atoms with van der Waals surface area (Å²) in [5, 5.41) is 10.7. The van der Waals surface area contributed by atoms with E-state index in [-0.39, 0.29) is 5.56 Å². The van der Waals surface area contributed by atoms with Gasteiger partial charge in [0.1, 0.15) is 0 Å². The Morgan fingerprint density at radius 1 is 1.00 bits per heavy atom. The Morgan fingerprint density at radius 2 is 1.61 bits per heavy atom. The molecular weight excluding hydrogens is 241 g/mol. The molecule has 0 aromatic heterocycles. The van der Waals surface area contributed by atoms with Crippen LogP contribution in [0.25, 0.3) is 0 Å². The fourth-order valence-corrected chi connectivity index (χ4v) is 2.84. The summed E-state index contributed by atoms with van der Waals surface area (Å²) in [6, 6.07) is 2.03. The second kappa shape index (κ2) is 4.26. The van der Waals surface area contributed by atoms with Gasteiger partial charge in [0.25, 0.3) is 0 Å². The third-order valence-corrected chi connectivity index (χ3v) is 4.19. The maximum Gasteiger partial charge on any atom is 0.194 e. The highest BCUT2D eigenvalue weighted by molar-refractivity contribution is 5.29. The summed E-state index contributed by atoms with van der Waals surface area (Å²) in [5.41, 5.74) is -2.13. The van der Waals surface area contributed by atoms with Crippen LogP contribution in [0.15, 0.2) is 12.1 Å². The Labute approximate surface area is 105 Å². The Hall–Kier alpha value is -1.03. The zero-order valence-corrected chi connectivity index (χ0v) is 10.6. The molecule has 1 N–H and O–H groups in total. The van der Waals surface area contributed by atoms with Gasteiger partial charge in [0.05, 0.1) is 5.60 Å². The van der Waals surface area contributed by atoms with Gasteiger partial charge in [0, 0.05) is 5.56 Å². The number of rotatable bonds is 1. The molecule has 2 rings (SSSR count). The van der Waals surface area contributed by atoms with E-state index < -0.39 is 28.5 Å². The van der Waals surface area contributed by atoms with Gasteiger partial charge in [-0.2, -0.15) is 0 Å². The fraction of sp³-hybridized carbons (Fsp3) is 0.571. The molecular formula is C14H17F3O. The SMILES string of the molecule is CC1(C)CCCCC1(O)c1ccc(F)c(F)c1F. The lowest BCUT2D eigenvalue weighted by molar-refractivity contribution is -0.106. The van der Waals surface area contributed by atoms with Crippen LogP contribution in [0.3, 0.4) is 0 Å². The molecule has 0 amide bonds. The first kappa shape index (κ1) is 13.4. The molecule has 1 aromatic rings. The van der Waals surface area contributed by atoms with E-state index in [0.717, 1.165) is 31.4 Å². The molecule has 0 heterocycles. The first-order valence-corrected chi connectivity index (χ1v) is 6.16. The Kier molecular flexibility index (Phi) is 3.18. The molecule has 0 saturated heterocycles. The lowest BCUT2D eigenvalue weighted by Crippen LogP contribution is -2.45. The Morgan fingerprint density at radius 3 is 2.22 bits per heavy atom. The summed E-state index contributed by atoms with van der Waals surface area (Å²) in [4.78, 5) is 0. The van der Waals surface area contributed by atoms with E-state index in [9.17, 15) is 18.3 Å². The molecule has 0 aliphatic heterocycles. The van der Waals surface area contributed by atoms with Gasteiger partial charge in [-0.25, -0.2) is 13.2 Å². The molecule has 0 spiro atoms. The van der Waals surface area contributed by atoms with Crippen LogP contribution < -0.4 is 0 Å². The summed E-state index contributed by atoms with van der Waals surface area (Å²) in [6.07, 6.45) is 2.78. The summed E-state index contributed by atoms with van der Waals surface area (Å²) in [6.45, 7) is 3.65. The van der Waals surface area contributed by atoms with Crippen LogP contribution in [0, 0.1) is 22.9 Å². The van der Waals surface area contributed by atoms with Gasteiger partial charge in [0.15, 0.2) is 17.5 Å². The molecule has 100 valence electrons. The molecule has 1 saturated carbocycles. The van der Waals surface area contributed by atoms with Crippen LogP contribution in [0.5, 0.6) is 0 Å². The van der Waals surface area contributed by atoms with Gasteiger partial charge in [-0.3, -0.25) is 0 Å². The predicted octanol–water partition coefficient (Wildman–Crippen LogP) is 3.89. The minimum absolute atomic E-state index is 0.133. The van der Waals surface area contributed by atoms with Crippen molar-refractivity contribution in [2.75, 3.05) is 0 Å². The topological polar surface area (TPSA) is 20.2 Å². The molecule has 1 fully saturated rings. The predicted molar refractivity (Wildman–Crippen MR) is 62.5 cm³/mol. The lowest BCUT2D eigenvalue weighted by Gasteiger charge is -2.47. The van der Waals surface area contributed by atoms with E-state index in [1.54, 1.807) is 0 Å². The standard InChI is InChI=1S/C14H17F3O/c1-13(2)7-3-4-8-14(13,18)9-5-6-10(15)12(17)11(9)16/h5-6,18H,3-4,7-8H2,1-2H3. The molecule has 0 bridgehead atoms. The highest BCUT2D eigenvalue weighted by Crippen LogP contribution is 2.50. The Bertz CT molecular complexity index is 470. The van der Waals surface area contributed by atoms with Gasteiger partial charge in [-0.15, -0.1) is 0 Å². The van der Waals surface area contributed by atoms with Crippen LogP contribution in [-0.4, -0.2) is 5.11 Å². The van der Waals surface area contributed by atoms with E-state index in [2.05, 4.69) is 0 Å². The van der Waals surface area contributed by atoms with Crippen molar-refractivity contribution in [3.8, 4) is 0 Å². The Balaban J connectivity index is 2.56. The second-order valence-electron chi connectivity index (χ2n) is 5.67. The van der Waals surface area contributed by atoms with Crippen LogP contribution in [0.2, 0.25) is 0 Å². The number of aliphatic hydroxyl groups is 1. The van der Waals surface area contributed by atoms with Crippen LogP contribution in [0.1, 0.15) is 45.1 Å². The largest absolute Gasteiger partial charge is 0.384 e. The average Bonchev–Trinajstić information content (AvgIpc) is 2.30. The van der Waals surface area contributed by atoms with Crippen molar-refractivity contribution in [3.05, 3.63) is 35.1 Å². The molecule has 18 heavy (non-hydrogen) atoms. The van der Waals surface area contributed by atoms with Crippen molar-refractivity contribution in [1.29, 1.82) is 0 Å². The number of benzene rings is 1. The van der Waals surface area contributed by atoms with Gasteiger partial charge in [-0.1, -0.05) is 32.8 Å². The quantitative estimate of drug-likeness (QED) is 0.758. The lowest BCUT2D eigenvalue weighted by atomic mass is 9.62. The van der Waals surface area contributed by atoms with Crippen LogP contribution in [-0.2, 0) is 5.60 Å². The normalized spacial score (nSPS) is 27.2. The molecule has 1 unspecified atom stereocenters. The van der Waals surface area contributed by atoms with Crippen molar-refractivity contribution in [1.82, 2.24) is 0 Å². The zero-order chi connectivity index (χ0) is 13.6. The van der Waals surface area contributed by atoms with Gasteiger partial charge in [0.2, 0.25) is 0 Å². The maximum absolute atomic E-state index is 13.9. The fourth-order valence-electron chi connectivity index (χ4n) is 2.84. The minimum atomic E-state index is -1.51. The molecule has 1 atom stereocenters. The zero-order valence-electron chi connectivity index (χ0n) is 10.6. The summed E-state index contributed by atoms with van der Waals surface area (Å²) in [5.74, 6) is -4.01. The van der Waals surface area contributed by atoms with Crippen LogP contribution >= 0.6 is 0 Å². The van der Waals surface area contributed by atoms with E-state index in [1.165, 1.54) is 0 Å². The van der Waals surface area contributed by atoms with Crippen molar-refractivity contribution in [3.63, 3.8) is 0 Å². The summed E-state index contributed by atoms with van der Waals surface area (Å²) >= 11 is 0. The van der Waals surface area contributed by atoms with Crippen molar-refractivity contribution < 1.29 is 18.3 Å². The van der Waals surface area contributed by atoms with Gasteiger partial charge < -0.3 is 5.11 Å². The number of halogens is 3. The monoisotopic (exact) mass is 258 g/mol. The number of hydrogen-bond donors (Lipinski definition) is 1. The second-order valence-corrected chi connectivity index (χ2v) is 5.67. The minimum Gasteiger partial charge on any atom is -0.384 e. The van der Waals surface area contributed by atoms with E-state index in [1.807, 2.05) is 13.8 Å². The highest BCUT2D eigenvalue weighted by Gasteiger charge is 2.48. The third kappa shape index (κ3) is 1.83. The maximum atomic E-state index is 13.9. The van der Waals surface area contributed by atoms with E-state index in [4.69, 9.17) is 0 Å². The molecule has 1 aromatic carbocycles. The number of hydrogen-bond acceptors (Lipinski definition) is 1. The first-order valence-electron chi connectivity index (χ1n) is 6.16. The van der Waals surface area contributed by atoms with Gasteiger partial charge in [-0.05, 0) is 24.3 Å². The van der Waals surface area contributed by atoms with Crippen molar-refractivity contribution in [2.45, 2.75) is 45.1 Å². The molecule has 1 aliphatic carbocycles. The molecule has 1 aliphatic rings. The van der Waals surface area contributed by atoms with E-state index >= 15 is 0 Å². The summed E-state index contributed by atoms with van der Waals surface area (Å²) in [7, 11) is 0. The van der Waals surface area contributed by atoms with Crippen LogP contribution in [0.4, 0.5) is 13.2 Å². The molecule has 0 radical (unpaired) electrons.